The summed E-state index contributed by atoms with van der Waals surface area (Å²) in [6, 6.07) is -0.500. The molecule has 4 aliphatic heterocycles. The first kappa shape index (κ1) is 13.7. The van der Waals surface area contributed by atoms with Gasteiger partial charge in [0, 0.05) is 13.5 Å². The Morgan fingerprint density at radius 3 is 2.86 bits per heavy atom. The van der Waals surface area contributed by atoms with Gasteiger partial charge < -0.3 is 20.0 Å². The van der Waals surface area contributed by atoms with Gasteiger partial charge in [-0.05, 0) is 16.4 Å². The minimum atomic E-state index is -1.28. The normalized spacial score (nSPS) is 44.0. The summed E-state index contributed by atoms with van der Waals surface area (Å²) in [6.45, 7) is -0.435. The van der Waals surface area contributed by atoms with Crippen LogP contribution in [0.25, 0.3) is 0 Å². The van der Waals surface area contributed by atoms with E-state index in [2.05, 4.69) is 0 Å². The average Bonchev–Trinajstić information content (AvgIpc) is 2.83. The summed E-state index contributed by atoms with van der Waals surface area (Å²) in [5, 5.41) is 20.0. The van der Waals surface area contributed by atoms with Crippen LogP contribution in [0.15, 0.2) is 23.8 Å². The molecule has 2 amide bonds. The van der Waals surface area contributed by atoms with Gasteiger partial charge in [0.1, 0.15) is 0 Å². The molecule has 1 aliphatic carbocycles. The molecular formula is C13H14N2O4S2. The van der Waals surface area contributed by atoms with Crippen molar-refractivity contribution >= 4 is 33.4 Å². The largest absolute Gasteiger partial charge is 0.392 e. The SMILES string of the molecule is CN1C(=O)[C@]23CC4=CC=C[C@H](O)[C@H]4N2C(=O)[C@]1(CO)SS3. The van der Waals surface area contributed by atoms with Gasteiger partial charge in [0.05, 0.1) is 18.8 Å². The third-order valence-corrected chi connectivity index (χ3v) is 8.33. The van der Waals surface area contributed by atoms with Gasteiger partial charge in [-0.25, -0.2) is 0 Å². The summed E-state index contributed by atoms with van der Waals surface area (Å²) in [5.41, 5.74) is 0.892. The Kier molecular flexibility index (Phi) is 2.65. The van der Waals surface area contributed by atoms with Crippen LogP contribution < -0.4 is 0 Å². The van der Waals surface area contributed by atoms with E-state index >= 15 is 0 Å². The predicted molar refractivity (Wildman–Crippen MR) is 79.0 cm³/mol. The number of aliphatic hydroxyl groups is 2. The van der Waals surface area contributed by atoms with E-state index in [-0.39, 0.29) is 11.8 Å². The Bertz CT molecular complexity index is 621. The molecule has 0 aromatic rings. The number of carbonyl (C=O) groups is 2. The summed E-state index contributed by atoms with van der Waals surface area (Å²) >= 11 is 0. The molecule has 4 atom stereocenters. The quantitative estimate of drug-likeness (QED) is 0.644. The second-order valence-electron chi connectivity index (χ2n) is 5.67. The maximum Gasteiger partial charge on any atom is 0.264 e. The van der Waals surface area contributed by atoms with Gasteiger partial charge in [-0.15, -0.1) is 0 Å². The fourth-order valence-electron chi connectivity index (χ4n) is 3.55. The average molecular weight is 326 g/mol. The number of likely N-dealkylation sites (N-methyl/N-ethyl adjacent to an activating group) is 1. The smallest absolute Gasteiger partial charge is 0.264 e. The van der Waals surface area contributed by atoms with Crippen LogP contribution in [-0.4, -0.2) is 67.4 Å². The van der Waals surface area contributed by atoms with Gasteiger partial charge in [-0.3, -0.25) is 9.59 Å². The summed E-state index contributed by atoms with van der Waals surface area (Å²) < 4.78 is 0. The van der Waals surface area contributed by atoms with E-state index in [4.69, 9.17) is 0 Å². The fraction of sp³-hybridized carbons (Fsp3) is 0.538. The van der Waals surface area contributed by atoms with Crippen molar-refractivity contribution in [3.05, 3.63) is 23.8 Å². The Labute approximate surface area is 129 Å². The molecule has 21 heavy (non-hydrogen) atoms. The highest BCUT2D eigenvalue weighted by atomic mass is 33.1. The molecular weight excluding hydrogens is 312 g/mol. The molecule has 2 N–H and O–H groups in total. The van der Waals surface area contributed by atoms with Crippen molar-refractivity contribution in [3.8, 4) is 0 Å². The molecule has 5 aliphatic rings. The van der Waals surface area contributed by atoms with Crippen LogP contribution in [0.1, 0.15) is 6.42 Å². The third-order valence-electron chi connectivity index (χ3n) is 4.70. The zero-order valence-corrected chi connectivity index (χ0v) is 12.9. The van der Waals surface area contributed by atoms with Gasteiger partial charge in [0.15, 0.2) is 4.87 Å². The highest BCUT2D eigenvalue weighted by molar-refractivity contribution is 8.78. The number of nitrogens with zero attached hydrogens (tertiary/aromatic N) is 2. The fourth-order valence-corrected chi connectivity index (χ4v) is 7.12. The number of fused-ring (bicyclic) bond motifs is 3. The lowest BCUT2D eigenvalue weighted by Gasteiger charge is -2.58. The molecule has 4 fully saturated rings. The van der Waals surface area contributed by atoms with E-state index in [1.807, 2.05) is 6.08 Å². The third kappa shape index (κ3) is 1.35. The standard InChI is InChI=1S/C13H14N2O4S2/c1-14-10(18)12-5-7-3-2-4-8(17)9(7)15(12)11(19)13(14,6-16)21-20-12/h2-4,8-9,16-17H,5-6H2,1H3/t8-,9-,12+,13-/m0/s1. The van der Waals surface area contributed by atoms with E-state index in [9.17, 15) is 19.8 Å². The van der Waals surface area contributed by atoms with Crippen LogP contribution in [0.2, 0.25) is 0 Å². The predicted octanol–water partition coefficient (Wildman–Crippen LogP) is -0.304. The number of piperazine rings is 1. The van der Waals surface area contributed by atoms with Crippen LogP contribution in [0.4, 0.5) is 0 Å². The number of carbonyl (C=O) groups excluding carboxylic acids is 2. The Morgan fingerprint density at radius 2 is 2.14 bits per heavy atom. The summed E-state index contributed by atoms with van der Waals surface area (Å²) in [6.07, 6.45) is 4.87. The molecule has 1 spiro atoms. The van der Waals surface area contributed by atoms with Crippen molar-refractivity contribution in [2.45, 2.75) is 28.3 Å². The number of hydrogen-bond acceptors (Lipinski definition) is 6. The van der Waals surface area contributed by atoms with Gasteiger partial charge in [-0.1, -0.05) is 29.0 Å². The van der Waals surface area contributed by atoms with E-state index in [1.54, 1.807) is 19.2 Å². The minimum absolute atomic E-state index is 0.178. The van der Waals surface area contributed by atoms with Crippen molar-refractivity contribution in [2.24, 2.45) is 0 Å². The number of rotatable bonds is 1. The van der Waals surface area contributed by atoms with Crippen molar-refractivity contribution < 1.29 is 19.8 Å². The molecule has 0 saturated carbocycles. The summed E-state index contributed by atoms with van der Waals surface area (Å²) in [4.78, 5) is 26.4. The van der Waals surface area contributed by atoms with Crippen molar-refractivity contribution in [1.29, 1.82) is 0 Å². The van der Waals surface area contributed by atoms with E-state index in [1.165, 1.54) is 31.4 Å². The molecule has 2 bridgehead atoms. The van der Waals surface area contributed by atoms with Gasteiger partial charge in [0.25, 0.3) is 11.8 Å². The lowest BCUT2D eigenvalue weighted by molar-refractivity contribution is -0.168. The van der Waals surface area contributed by atoms with Crippen molar-refractivity contribution in [3.63, 3.8) is 0 Å². The Hall–Kier alpha value is -0.960. The molecule has 8 heteroatoms. The van der Waals surface area contributed by atoms with Crippen LogP contribution >= 0.6 is 21.6 Å². The Balaban J connectivity index is 1.90. The molecule has 112 valence electrons. The molecule has 4 heterocycles. The lowest BCUT2D eigenvalue weighted by Crippen LogP contribution is -2.77. The topological polar surface area (TPSA) is 81.1 Å². The molecule has 0 aromatic carbocycles. The molecule has 0 aromatic heterocycles. The molecule has 6 nitrogen and oxygen atoms in total. The lowest BCUT2D eigenvalue weighted by atomic mass is 9.97. The van der Waals surface area contributed by atoms with Crippen molar-refractivity contribution in [2.75, 3.05) is 13.7 Å². The summed E-state index contributed by atoms with van der Waals surface area (Å²) in [5.74, 6) is -0.471. The number of aliphatic hydroxyl groups excluding tert-OH is 2. The maximum atomic E-state index is 12.9. The van der Waals surface area contributed by atoms with Crippen LogP contribution in [-0.2, 0) is 9.59 Å². The van der Waals surface area contributed by atoms with Crippen LogP contribution in [0.3, 0.4) is 0 Å². The molecule has 4 saturated heterocycles. The summed E-state index contributed by atoms with van der Waals surface area (Å²) in [7, 11) is 4.14. The highest BCUT2D eigenvalue weighted by Crippen LogP contribution is 2.64. The van der Waals surface area contributed by atoms with Crippen LogP contribution in [0.5, 0.6) is 0 Å². The first-order chi connectivity index (χ1) is 9.98. The second-order valence-corrected chi connectivity index (χ2v) is 8.36. The first-order valence-electron chi connectivity index (χ1n) is 6.63. The zero-order valence-electron chi connectivity index (χ0n) is 11.2. The highest BCUT2D eigenvalue weighted by Gasteiger charge is 2.73. The first-order valence-corrected chi connectivity index (χ1v) is 8.78. The Morgan fingerprint density at radius 1 is 1.38 bits per heavy atom. The minimum Gasteiger partial charge on any atom is -0.392 e. The molecule has 0 radical (unpaired) electrons. The number of allylic oxidation sites excluding steroid dienone is 2. The number of amides is 2. The van der Waals surface area contributed by atoms with E-state index in [0.29, 0.717) is 6.42 Å². The van der Waals surface area contributed by atoms with Gasteiger partial charge >= 0.3 is 0 Å². The number of hydrogen-bond donors (Lipinski definition) is 2. The van der Waals surface area contributed by atoms with E-state index < -0.39 is 28.5 Å². The van der Waals surface area contributed by atoms with Crippen LogP contribution in [0, 0.1) is 0 Å². The molecule has 5 rings (SSSR count). The van der Waals surface area contributed by atoms with E-state index in [0.717, 1.165) is 5.57 Å². The second kappa shape index (κ2) is 4.07. The molecule has 0 unspecified atom stereocenters. The van der Waals surface area contributed by atoms with Crippen molar-refractivity contribution in [1.82, 2.24) is 9.80 Å². The monoisotopic (exact) mass is 326 g/mol. The zero-order chi connectivity index (χ0) is 15.0. The van der Waals surface area contributed by atoms with Gasteiger partial charge in [-0.2, -0.15) is 0 Å². The maximum absolute atomic E-state index is 12.9. The van der Waals surface area contributed by atoms with Gasteiger partial charge in [0.2, 0.25) is 4.87 Å².